The molecule has 2 nitrogen and oxygen atoms in total. The zero-order chi connectivity index (χ0) is 25.7. The largest absolute Gasteiger partial charge is 0.360 e. The van der Waals surface area contributed by atoms with Crippen molar-refractivity contribution in [2.45, 2.75) is 50.7 Å². The monoisotopic (exact) mass is 495 g/mol. The molecule has 0 atom stereocenters. The summed E-state index contributed by atoms with van der Waals surface area (Å²) < 4.78 is 6.80. The highest BCUT2D eigenvalue weighted by Crippen LogP contribution is 2.55. The molecular weight excluding hydrogens is 462 g/mol. The van der Waals surface area contributed by atoms with Crippen molar-refractivity contribution in [2.75, 3.05) is 4.90 Å². The molecule has 5 aromatic rings. The highest BCUT2D eigenvalue weighted by Gasteiger charge is 2.50. The van der Waals surface area contributed by atoms with Crippen LogP contribution in [0, 0.1) is 0 Å². The summed E-state index contributed by atoms with van der Waals surface area (Å²) in [4.78, 5) is 2.37. The minimum absolute atomic E-state index is 0.0939. The van der Waals surface area contributed by atoms with E-state index >= 15 is 0 Å². The van der Waals surface area contributed by atoms with Crippen molar-refractivity contribution < 1.29 is 4.74 Å². The van der Waals surface area contributed by atoms with Gasteiger partial charge in [0.25, 0.3) is 0 Å². The van der Waals surface area contributed by atoms with Gasteiger partial charge in [0, 0.05) is 16.8 Å². The highest BCUT2D eigenvalue weighted by molar-refractivity contribution is 6.02. The van der Waals surface area contributed by atoms with Crippen molar-refractivity contribution in [2.24, 2.45) is 0 Å². The third-order valence-electron chi connectivity index (χ3n) is 8.46. The van der Waals surface area contributed by atoms with Crippen LogP contribution in [0.2, 0.25) is 0 Å². The average Bonchev–Trinajstić information content (AvgIpc) is 3.51. The predicted molar refractivity (Wildman–Crippen MR) is 158 cm³/mol. The molecule has 0 amide bonds. The minimum atomic E-state index is -0.282. The second kappa shape index (κ2) is 8.85. The third-order valence-corrected chi connectivity index (χ3v) is 8.46. The van der Waals surface area contributed by atoms with E-state index in [1.165, 1.54) is 51.6 Å². The van der Waals surface area contributed by atoms with Crippen LogP contribution in [0.3, 0.4) is 0 Å². The Morgan fingerprint density at radius 1 is 0.605 bits per heavy atom. The summed E-state index contributed by atoms with van der Waals surface area (Å²) in [6.07, 6.45) is 4.76. The fraction of sp³-hybridized carbons (Fsp3) is 0.222. The van der Waals surface area contributed by atoms with E-state index in [-0.39, 0.29) is 11.2 Å². The van der Waals surface area contributed by atoms with Crippen LogP contribution in [0.5, 0.6) is 0 Å². The molecule has 0 radical (unpaired) electrons. The van der Waals surface area contributed by atoms with Crippen LogP contribution in [0.1, 0.15) is 50.7 Å². The van der Waals surface area contributed by atoms with E-state index in [1.807, 2.05) is 0 Å². The second-order valence-electron chi connectivity index (χ2n) is 11.3. The molecule has 1 aliphatic heterocycles. The quantitative estimate of drug-likeness (QED) is 0.246. The molecule has 7 rings (SSSR count). The molecule has 0 aromatic heterocycles. The van der Waals surface area contributed by atoms with E-state index in [0.717, 1.165) is 24.2 Å². The Kier molecular flexibility index (Phi) is 5.42. The number of hydrogen-bond acceptors (Lipinski definition) is 2. The standard InChI is InChI=1S/C36H33NO/c1-35(2)33-24-26(19-20-32(33)36(38-35)21-11-12-22-36)28-23-27-13-9-10-18-31(27)34(25-28)37(29-14-5-3-6-15-29)30-16-7-4-8-17-30/h3-10,13-20,23-25H,11-12,21-22H2,1-2H3. The van der Waals surface area contributed by atoms with Gasteiger partial charge in [-0.3, -0.25) is 0 Å². The first kappa shape index (κ1) is 23.3. The van der Waals surface area contributed by atoms with Gasteiger partial charge in [0.05, 0.1) is 16.9 Å². The summed E-state index contributed by atoms with van der Waals surface area (Å²) in [6, 6.07) is 41.8. The Morgan fingerprint density at radius 2 is 1.24 bits per heavy atom. The smallest absolute Gasteiger partial charge is 0.0946 e. The van der Waals surface area contributed by atoms with Crippen molar-refractivity contribution in [3.63, 3.8) is 0 Å². The summed E-state index contributed by atoms with van der Waals surface area (Å²) in [5.41, 5.74) is 8.30. The molecule has 0 unspecified atom stereocenters. The lowest BCUT2D eigenvalue weighted by atomic mass is 9.85. The molecule has 1 heterocycles. The number of fused-ring (bicyclic) bond motifs is 3. The Balaban J connectivity index is 1.43. The normalized spacial score (nSPS) is 17.1. The molecule has 2 heteroatoms. The predicted octanol–water partition coefficient (Wildman–Crippen LogP) is 10.0. The Labute approximate surface area is 225 Å². The molecule has 0 saturated heterocycles. The van der Waals surface area contributed by atoms with Gasteiger partial charge in [-0.2, -0.15) is 0 Å². The number of benzene rings is 5. The molecule has 38 heavy (non-hydrogen) atoms. The van der Waals surface area contributed by atoms with Crippen LogP contribution < -0.4 is 4.90 Å². The second-order valence-corrected chi connectivity index (χ2v) is 11.3. The van der Waals surface area contributed by atoms with Crippen LogP contribution in [0.15, 0.2) is 115 Å². The van der Waals surface area contributed by atoms with Crippen LogP contribution in [-0.4, -0.2) is 0 Å². The third kappa shape index (κ3) is 3.75. The van der Waals surface area contributed by atoms with Gasteiger partial charge in [0.15, 0.2) is 0 Å². The van der Waals surface area contributed by atoms with E-state index in [4.69, 9.17) is 4.74 Å². The summed E-state index contributed by atoms with van der Waals surface area (Å²) in [7, 11) is 0. The van der Waals surface area contributed by atoms with E-state index in [9.17, 15) is 0 Å². The molecule has 0 N–H and O–H groups in total. The van der Waals surface area contributed by atoms with Crippen molar-refractivity contribution in [1.29, 1.82) is 0 Å². The number of anilines is 3. The maximum Gasteiger partial charge on any atom is 0.0946 e. The molecular formula is C36H33NO. The van der Waals surface area contributed by atoms with Gasteiger partial charge in [-0.05, 0) is 96.8 Å². The van der Waals surface area contributed by atoms with E-state index in [2.05, 4.69) is 134 Å². The molecule has 1 fully saturated rings. The van der Waals surface area contributed by atoms with Crippen LogP contribution in [-0.2, 0) is 15.9 Å². The number of para-hydroxylation sites is 2. The Bertz CT molecular complexity index is 1570. The summed E-state index contributed by atoms with van der Waals surface area (Å²) in [5.74, 6) is 0. The molecule has 0 bridgehead atoms. The summed E-state index contributed by atoms with van der Waals surface area (Å²) in [5, 5.41) is 2.47. The first-order valence-electron chi connectivity index (χ1n) is 13.8. The van der Waals surface area contributed by atoms with Gasteiger partial charge in [-0.25, -0.2) is 0 Å². The zero-order valence-corrected chi connectivity index (χ0v) is 22.2. The van der Waals surface area contributed by atoms with E-state index in [0.29, 0.717) is 0 Å². The lowest BCUT2D eigenvalue weighted by Crippen LogP contribution is -2.25. The van der Waals surface area contributed by atoms with Crippen molar-refractivity contribution in [1.82, 2.24) is 0 Å². The topological polar surface area (TPSA) is 12.5 Å². The van der Waals surface area contributed by atoms with E-state index in [1.54, 1.807) is 0 Å². The summed E-state index contributed by atoms with van der Waals surface area (Å²) >= 11 is 0. The van der Waals surface area contributed by atoms with Gasteiger partial charge >= 0.3 is 0 Å². The Morgan fingerprint density at radius 3 is 1.92 bits per heavy atom. The molecule has 188 valence electrons. The minimum Gasteiger partial charge on any atom is -0.360 e. The number of rotatable bonds is 4. The van der Waals surface area contributed by atoms with Crippen LogP contribution in [0.4, 0.5) is 17.1 Å². The highest BCUT2D eigenvalue weighted by atomic mass is 16.5. The number of ether oxygens (including phenoxy) is 1. The average molecular weight is 496 g/mol. The molecule has 2 aliphatic rings. The maximum atomic E-state index is 6.80. The van der Waals surface area contributed by atoms with Crippen molar-refractivity contribution in [3.8, 4) is 11.1 Å². The molecule has 1 aliphatic carbocycles. The molecule has 5 aromatic carbocycles. The van der Waals surface area contributed by atoms with Crippen molar-refractivity contribution in [3.05, 3.63) is 126 Å². The van der Waals surface area contributed by atoms with Crippen LogP contribution in [0.25, 0.3) is 21.9 Å². The number of nitrogens with zero attached hydrogens (tertiary/aromatic N) is 1. The van der Waals surface area contributed by atoms with Gasteiger partial charge in [0.2, 0.25) is 0 Å². The fourth-order valence-electron chi connectivity index (χ4n) is 6.76. The van der Waals surface area contributed by atoms with Gasteiger partial charge in [0.1, 0.15) is 0 Å². The SMILES string of the molecule is CC1(C)OC2(CCCC2)c2ccc(-c3cc(N(c4ccccc4)c4ccccc4)c4ccccc4c3)cc21. The first-order valence-corrected chi connectivity index (χ1v) is 13.8. The molecule has 1 saturated carbocycles. The fourth-order valence-corrected chi connectivity index (χ4v) is 6.76. The zero-order valence-electron chi connectivity index (χ0n) is 22.2. The maximum absolute atomic E-state index is 6.80. The van der Waals surface area contributed by atoms with Gasteiger partial charge in [-0.1, -0.05) is 85.6 Å². The van der Waals surface area contributed by atoms with Gasteiger partial charge in [-0.15, -0.1) is 0 Å². The van der Waals surface area contributed by atoms with E-state index < -0.39 is 0 Å². The van der Waals surface area contributed by atoms with Crippen LogP contribution >= 0.6 is 0 Å². The lowest BCUT2D eigenvalue weighted by Gasteiger charge is -2.28. The lowest BCUT2D eigenvalue weighted by molar-refractivity contribution is -0.122. The first-order chi connectivity index (χ1) is 18.5. The number of hydrogen-bond donors (Lipinski definition) is 0. The summed E-state index contributed by atoms with van der Waals surface area (Å²) in [6.45, 7) is 4.47. The Hall–Kier alpha value is -3.88. The molecule has 1 spiro atoms. The van der Waals surface area contributed by atoms with Crippen molar-refractivity contribution >= 4 is 27.8 Å². The van der Waals surface area contributed by atoms with Gasteiger partial charge < -0.3 is 9.64 Å².